The molecule has 114 valence electrons. The van der Waals surface area contributed by atoms with Crippen LogP contribution in [0.1, 0.15) is 11.9 Å². The van der Waals surface area contributed by atoms with Gasteiger partial charge in [0, 0.05) is 11.4 Å². The lowest BCUT2D eigenvalue weighted by Gasteiger charge is -2.17. The molecule has 0 spiro atoms. The molecule has 4 heteroatoms. The van der Waals surface area contributed by atoms with Crippen molar-refractivity contribution in [1.29, 1.82) is 0 Å². The molecule has 0 bridgehead atoms. The number of thioether (sulfide) groups is 1. The third kappa shape index (κ3) is 2.80. The number of fused-ring (bicyclic) bond motifs is 2. The smallest absolute Gasteiger partial charge is 0.117 e. The van der Waals surface area contributed by atoms with E-state index in [2.05, 4.69) is 77.5 Å². The van der Waals surface area contributed by atoms with Gasteiger partial charge in [0.05, 0.1) is 20.9 Å². The number of nitrogens with zero attached hydrogens (tertiary/aromatic N) is 2. The van der Waals surface area contributed by atoms with Crippen LogP contribution in [0.2, 0.25) is 0 Å². The molecule has 1 aliphatic heterocycles. The lowest BCUT2D eigenvalue weighted by atomic mass is 10.3. The highest BCUT2D eigenvalue weighted by molar-refractivity contribution is 8.03. The fourth-order valence-corrected chi connectivity index (χ4v) is 4.70. The zero-order valence-corrected chi connectivity index (χ0v) is 14.4. The van der Waals surface area contributed by atoms with Gasteiger partial charge in [-0.3, -0.25) is 0 Å². The van der Waals surface area contributed by atoms with E-state index in [0.29, 0.717) is 0 Å². The standard InChI is InChI=1S/C19H16N2S2/c1-2-21-15-9-4-6-11-17(15)23-19(21)13-7-12-18-20-14-8-3-5-10-16(14)22-18/h3-13H,2H2,1H3/b12-7+,19-13-. The molecular formula is C19H16N2S2. The fraction of sp³-hybridized carbons (Fsp3) is 0.105. The van der Waals surface area contributed by atoms with Crippen molar-refractivity contribution in [1.82, 2.24) is 4.98 Å². The summed E-state index contributed by atoms with van der Waals surface area (Å²) in [5.41, 5.74) is 2.38. The van der Waals surface area contributed by atoms with Crippen molar-refractivity contribution in [2.75, 3.05) is 11.4 Å². The van der Waals surface area contributed by atoms with Gasteiger partial charge in [0.1, 0.15) is 5.01 Å². The van der Waals surface area contributed by atoms with E-state index >= 15 is 0 Å². The summed E-state index contributed by atoms with van der Waals surface area (Å²) in [5, 5.41) is 2.32. The number of allylic oxidation sites excluding steroid dienone is 2. The van der Waals surface area contributed by atoms with Crippen LogP contribution in [0, 0.1) is 0 Å². The Morgan fingerprint density at radius 2 is 1.91 bits per heavy atom. The Morgan fingerprint density at radius 1 is 1.09 bits per heavy atom. The van der Waals surface area contributed by atoms with Crippen molar-refractivity contribution in [2.45, 2.75) is 11.8 Å². The lowest BCUT2D eigenvalue weighted by Crippen LogP contribution is -2.16. The largest absolute Gasteiger partial charge is 0.335 e. The fourth-order valence-electron chi connectivity index (χ4n) is 2.68. The summed E-state index contributed by atoms with van der Waals surface area (Å²) in [6.45, 7) is 3.17. The van der Waals surface area contributed by atoms with Crippen LogP contribution < -0.4 is 4.90 Å². The highest BCUT2D eigenvalue weighted by Gasteiger charge is 2.22. The summed E-state index contributed by atoms with van der Waals surface area (Å²) in [4.78, 5) is 8.32. The molecule has 0 fully saturated rings. The maximum absolute atomic E-state index is 4.64. The molecule has 0 amide bonds. The number of thiazole rings is 1. The number of aromatic nitrogens is 1. The lowest BCUT2D eigenvalue weighted by molar-refractivity contribution is 1.00. The van der Waals surface area contributed by atoms with E-state index in [9.17, 15) is 0 Å². The zero-order chi connectivity index (χ0) is 15.6. The van der Waals surface area contributed by atoms with Gasteiger partial charge in [-0.25, -0.2) is 4.98 Å². The monoisotopic (exact) mass is 336 g/mol. The van der Waals surface area contributed by atoms with Crippen LogP contribution in [0.25, 0.3) is 16.3 Å². The molecule has 23 heavy (non-hydrogen) atoms. The van der Waals surface area contributed by atoms with Crippen LogP contribution in [0.5, 0.6) is 0 Å². The van der Waals surface area contributed by atoms with Crippen molar-refractivity contribution >= 4 is 45.1 Å². The predicted octanol–water partition coefficient (Wildman–Crippen LogP) is 5.78. The number of anilines is 1. The molecule has 3 aromatic rings. The van der Waals surface area contributed by atoms with Crippen LogP contribution in [0.4, 0.5) is 5.69 Å². The minimum atomic E-state index is 0.977. The Morgan fingerprint density at radius 3 is 2.78 bits per heavy atom. The van der Waals surface area contributed by atoms with Gasteiger partial charge in [0.25, 0.3) is 0 Å². The minimum absolute atomic E-state index is 0.977. The summed E-state index contributed by atoms with van der Waals surface area (Å²) < 4.78 is 1.23. The number of benzene rings is 2. The molecule has 2 heterocycles. The summed E-state index contributed by atoms with van der Waals surface area (Å²) in [6.07, 6.45) is 6.38. The second-order valence-corrected chi connectivity index (χ2v) is 7.32. The molecule has 0 aliphatic carbocycles. The summed E-state index contributed by atoms with van der Waals surface area (Å²) in [6, 6.07) is 16.8. The average Bonchev–Trinajstić information content (AvgIpc) is 3.14. The van der Waals surface area contributed by atoms with Crippen LogP contribution in [-0.2, 0) is 0 Å². The summed E-state index contributed by atoms with van der Waals surface area (Å²) in [5.74, 6) is 0. The number of para-hydroxylation sites is 2. The molecule has 0 saturated heterocycles. The summed E-state index contributed by atoms with van der Waals surface area (Å²) >= 11 is 3.55. The zero-order valence-electron chi connectivity index (χ0n) is 12.8. The molecule has 2 aromatic carbocycles. The van der Waals surface area contributed by atoms with Gasteiger partial charge in [-0.2, -0.15) is 0 Å². The normalized spacial score (nSPS) is 15.9. The van der Waals surface area contributed by atoms with E-state index in [1.165, 1.54) is 20.3 Å². The van der Waals surface area contributed by atoms with Crippen LogP contribution in [0.3, 0.4) is 0 Å². The quantitative estimate of drug-likeness (QED) is 0.603. The molecule has 0 N–H and O–H groups in total. The highest BCUT2D eigenvalue weighted by Crippen LogP contribution is 2.45. The van der Waals surface area contributed by atoms with Gasteiger partial charge in [-0.15, -0.1) is 11.3 Å². The second kappa shape index (κ2) is 6.22. The first-order valence-electron chi connectivity index (χ1n) is 7.63. The highest BCUT2D eigenvalue weighted by atomic mass is 32.2. The first-order chi connectivity index (χ1) is 11.3. The van der Waals surface area contributed by atoms with Gasteiger partial charge in [0.15, 0.2) is 0 Å². The SMILES string of the molecule is CCN1/C(=C/C=C/c2nc3ccccc3s2)Sc2ccccc21. The van der Waals surface area contributed by atoms with E-state index in [-0.39, 0.29) is 0 Å². The van der Waals surface area contributed by atoms with Crippen molar-refractivity contribution in [3.63, 3.8) is 0 Å². The number of rotatable bonds is 3. The van der Waals surface area contributed by atoms with E-state index in [0.717, 1.165) is 17.1 Å². The number of hydrogen-bond acceptors (Lipinski definition) is 4. The van der Waals surface area contributed by atoms with E-state index < -0.39 is 0 Å². The van der Waals surface area contributed by atoms with Crippen LogP contribution in [-0.4, -0.2) is 11.5 Å². The van der Waals surface area contributed by atoms with Gasteiger partial charge >= 0.3 is 0 Å². The molecule has 0 saturated carbocycles. The van der Waals surface area contributed by atoms with Gasteiger partial charge < -0.3 is 4.90 Å². The van der Waals surface area contributed by atoms with E-state index in [1.807, 2.05) is 17.8 Å². The maximum atomic E-state index is 4.64. The molecular weight excluding hydrogens is 320 g/mol. The van der Waals surface area contributed by atoms with Gasteiger partial charge in [-0.05, 0) is 43.3 Å². The molecule has 0 atom stereocenters. The molecule has 0 unspecified atom stereocenters. The Hall–Kier alpha value is -2.04. The maximum Gasteiger partial charge on any atom is 0.117 e. The second-order valence-electron chi connectivity index (χ2n) is 5.20. The minimum Gasteiger partial charge on any atom is -0.335 e. The Bertz CT molecular complexity index is 875. The van der Waals surface area contributed by atoms with Gasteiger partial charge in [0.2, 0.25) is 0 Å². The Kier molecular flexibility index (Phi) is 3.93. The predicted molar refractivity (Wildman–Crippen MR) is 102 cm³/mol. The molecule has 4 rings (SSSR count). The van der Waals surface area contributed by atoms with Crippen molar-refractivity contribution in [3.05, 3.63) is 70.7 Å². The third-order valence-corrected chi connectivity index (χ3v) is 5.87. The Labute approximate surface area is 144 Å². The molecule has 2 nitrogen and oxygen atoms in total. The van der Waals surface area contributed by atoms with E-state index in [4.69, 9.17) is 0 Å². The van der Waals surface area contributed by atoms with E-state index in [1.54, 1.807) is 11.3 Å². The Balaban J connectivity index is 1.59. The summed E-state index contributed by atoms with van der Waals surface area (Å²) in [7, 11) is 0. The third-order valence-electron chi connectivity index (χ3n) is 3.74. The first-order valence-corrected chi connectivity index (χ1v) is 9.27. The molecule has 1 aromatic heterocycles. The van der Waals surface area contributed by atoms with Crippen molar-refractivity contribution in [2.24, 2.45) is 0 Å². The van der Waals surface area contributed by atoms with Crippen molar-refractivity contribution in [3.8, 4) is 0 Å². The molecule has 1 aliphatic rings. The topological polar surface area (TPSA) is 16.1 Å². The van der Waals surface area contributed by atoms with Crippen LogP contribution >= 0.6 is 23.1 Å². The first kappa shape index (κ1) is 14.5. The molecule has 0 radical (unpaired) electrons. The number of hydrogen-bond donors (Lipinski definition) is 0. The average molecular weight is 336 g/mol. The van der Waals surface area contributed by atoms with Gasteiger partial charge in [-0.1, -0.05) is 42.1 Å². The van der Waals surface area contributed by atoms with Crippen LogP contribution in [0.15, 0.2) is 70.6 Å². The van der Waals surface area contributed by atoms with Crippen molar-refractivity contribution < 1.29 is 0 Å².